The van der Waals surface area contributed by atoms with E-state index in [0.29, 0.717) is 11.1 Å². The van der Waals surface area contributed by atoms with E-state index in [1.165, 1.54) is 12.1 Å². The number of ether oxygens (including phenoxy) is 2. The molecule has 7 rings (SSSR count). The highest BCUT2D eigenvalue weighted by Gasteiger charge is 2.41. The zero-order valence-electron chi connectivity index (χ0n) is 23.0. The molecule has 0 amide bonds. The summed E-state index contributed by atoms with van der Waals surface area (Å²) < 4.78 is 11.1. The largest absolute Gasteiger partial charge is 0.457 e. The molecule has 6 nitrogen and oxygen atoms in total. The van der Waals surface area contributed by atoms with Crippen molar-refractivity contribution < 1.29 is 29.3 Å². The van der Waals surface area contributed by atoms with Crippen LogP contribution < -0.4 is 0 Å². The van der Waals surface area contributed by atoms with Gasteiger partial charge in [0.25, 0.3) is 0 Å². The van der Waals surface area contributed by atoms with E-state index in [9.17, 15) is 19.8 Å². The molecule has 0 unspecified atom stereocenters. The van der Waals surface area contributed by atoms with Gasteiger partial charge in [-0.05, 0) is 80.2 Å². The number of benzene rings is 6. The highest BCUT2D eigenvalue weighted by molar-refractivity contribution is 5.94. The van der Waals surface area contributed by atoms with E-state index >= 15 is 0 Å². The number of rotatable bonds is 6. The zero-order chi connectivity index (χ0) is 29.6. The molecule has 0 heterocycles. The van der Waals surface area contributed by atoms with E-state index in [2.05, 4.69) is 0 Å². The first-order chi connectivity index (χ1) is 20.9. The Kier molecular flexibility index (Phi) is 6.50. The van der Waals surface area contributed by atoms with Gasteiger partial charge in [0.15, 0.2) is 0 Å². The minimum absolute atomic E-state index is 0.0784. The van der Waals surface area contributed by atoms with E-state index in [1.54, 1.807) is 24.3 Å². The molecule has 0 saturated heterocycles. The molecule has 0 radical (unpaired) electrons. The zero-order valence-corrected chi connectivity index (χ0v) is 23.0. The van der Waals surface area contributed by atoms with Crippen LogP contribution in [-0.2, 0) is 28.5 Å². The molecule has 0 bridgehead atoms. The highest BCUT2D eigenvalue weighted by atomic mass is 16.5. The molecule has 1 aliphatic carbocycles. The van der Waals surface area contributed by atoms with Crippen LogP contribution in [0.1, 0.15) is 43.0 Å². The molecular formula is C37H26O6. The van der Waals surface area contributed by atoms with Crippen LogP contribution in [0.3, 0.4) is 0 Å². The molecule has 1 aliphatic rings. The fourth-order valence-electron chi connectivity index (χ4n) is 5.66. The van der Waals surface area contributed by atoms with E-state index in [0.717, 1.165) is 32.7 Å². The standard InChI is InChI=1S/C37H26O6/c38-35(42-21-23-9-11-25-5-1-3-7-27(25)17-23)29-13-15-31-32-16-14-30(20-34(32)37(40,41)33(31)19-29)36(39)43-22-24-10-12-26-6-2-4-8-28(26)18-24/h1-20,40-41H,21-22H2. The average Bonchev–Trinajstić information content (AvgIpc) is 3.27. The summed E-state index contributed by atoms with van der Waals surface area (Å²) in [6.45, 7) is 0.157. The lowest BCUT2D eigenvalue weighted by atomic mass is 10.0. The van der Waals surface area contributed by atoms with Crippen molar-refractivity contribution in [3.8, 4) is 11.1 Å². The lowest BCUT2D eigenvalue weighted by molar-refractivity contribution is -0.128. The molecule has 0 atom stereocenters. The van der Waals surface area contributed by atoms with Gasteiger partial charge in [0, 0.05) is 11.1 Å². The van der Waals surface area contributed by atoms with Crippen LogP contribution >= 0.6 is 0 Å². The van der Waals surface area contributed by atoms with Gasteiger partial charge in [0.1, 0.15) is 13.2 Å². The summed E-state index contributed by atoms with van der Waals surface area (Å²) in [5.74, 6) is -3.57. The number of aliphatic hydroxyl groups is 2. The average molecular weight is 567 g/mol. The van der Waals surface area contributed by atoms with Crippen LogP contribution in [0.5, 0.6) is 0 Å². The summed E-state index contributed by atoms with van der Waals surface area (Å²) in [6.07, 6.45) is 0. The predicted octanol–water partition coefficient (Wildman–Crippen LogP) is 6.87. The third kappa shape index (κ3) is 4.93. The molecular weight excluding hydrogens is 540 g/mol. The summed E-state index contributed by atoms with van der Waals surface area (Å²) in [5.41, 5.74) is 3.47. The Labute approximate surface area is 247 Å². The summed E-state index contributed by atoms with van der Waals surface area (Å²) in [5, 5.41) is 26.7. The molecule has 0 saturated carbocycles. The number of carbonyl (C=O) groups is 2. The molecule has 0 spiro atoms. The first kappa shape index (κ1) is 26.6. The molecule has 2 N–H and O–H groups in total. The minimum Gasteiger partial charge on any atom is -0.457 e. The Bertz CT molecular complexity index is 1910. The van der Waals surface area contributed by atoms with Crippen molar-refractivity contribution in [2.75, 3.05) is 0 Å². The van der Waals surface area contributed by atoms with Gasteiger partial charge in [-0.25, -0.2) is 9.59 Å². The summed E-state index contributed by atoms with van der Waals surface area (Å²) in [7, 11) is 0. The van der Waals surface area contributed by atoms with Gasteiger partial charge in [-0.1, -0.05) is 84.9 Å². The fourth-order valence-corrected chi connectivity index (χ4v) is 5.66. The Balaban J connectivity index is 1.06. The predicted molar refractivity (Wildman–Crippen MR) is 163 cm³/mol. The summed E-state index contributed by atoms with van der Waals surface area (Å²) in [4.78, 5) is 25.8. The number of hydrogen-bond donors (Lipinski definition) is 2. The van der Waals surface area contributed by atoms with Crippen molar-refractivity contribution in [3.05, 3.63) is 155 Å². The lowest BCUT2D eigenvalue weighted by Crippen LogP contribution is -2.24. The van der Waals surface area contributed by atoms with E-state index < -0.39 is 17.7 Å². The van der Waals surface area contributed by atoms with Crippen LogP contribution in [0.4, 0.5) is 0 Å². The van der Waals surface area contributed by atoms with Crippen molar-refractivity contribution in [1.29, 1.82) is 0 Å². The summed E-state index contributed by atoms with van der Waals surface area (Å²) >= 11 is 0. The van der Waals surface area contributed by atoms with E-state index in [4.69, 9.17) is 9.47 Å². The van der Waals surface area contributed by atoms with Crippen LogP contribution in [0.25, 0.3) is 32.7 Å². The van der Waals surface area contributed by atoms with Crippen molar-refractivity contribution in [3.63, 3.8) is 0 Å². The SMILES string of the molecule is O=C(OCc1ccc2ccccc2c1)c1ccc2c(c1)C(O)(O)c1cc(C(=O)OCc3ccc4ccccc4c3)ccc1-2. The maximum atomic E-state index is 12.9. The second-order valence-electron chi connectivity index (χ2n) is 10.7. The van der Waals surface area contributed by atoms with Gasteiger partial charge in [0.2, 0.25) is 5.79 Å². The molecule has 6 aromatic carbocycles. The second-order valence-corrected chi connectivity index (χ2v) is 10.7. The lowest BCUT2D eigenvalue weighted by Gasteiger charge is -2.19. The van der Waals surface area contributed by atoms with Crippen LogP contribution in [0.2, 0.25) is 0 Å². The molecule has 0 fully saturated rings. The fraction of sp³-hybridized carbons (Fsp3) is 0.0811. The molecule has 210 valence electrons. The van der Waals surface area contributed by atoms with Gasteiger partial charge in [0.05, 0.1) is 11.1 Å². The summed E-state index contributed by atoms with van der Waals surface area (Å²) in [6, 6.07) is 36.9. The van der Waals surface area contributed by atoms with Crippen molar-refractivity contribution >= 4 is 33.5 Å². The van der Waals surface area contributed by atoms with Crippen LogP contribution in [0.15, 0.2) is 121 Å². The van der Waals surface area contributed by atoms with Crippen molar-refractivity contribution in [2.24, 2.45) is 0 Å². The molecule has 0 aromatic heterocycles. The van der Waals surface area contributed by atoms with Crippen LogP contribution in [0, 0.1) is 0 Å². The number of esters is 2. The van der Waals surface area contributed by atoms with Crippen LogP contribution in [-0.4, -0.2) is 22.2 Å². The van der Waals surface area contributed by atoms with Crippen molar-refractivity contribution in [1.82, 2.24) is 0 Å². The smallest absolute Gasteiger partial charge is 0.338 e. The quantitative estimate of drug-likeness (QED) is 0.169. The molecule has 6 aromatic rings. The second kappa shape index (κ2) is 10.5. The first-order valence-electron chi connectivity index (χ1n) is 13.9. The maximum absolute atomic E-state index is 12.9. The topological polar surface area (TPSA) is 93.1 Å². The van der Waals surface area contributed by atoms with Gasteiger partial charge < -0.3 is 19.7 Å². The Morgan fingerprint density at radius 2 is 0.930 bits per heavy atom. The number of carbonyl (C=O) groups excluding carboxylic acids is 2. The normalized spacial score (nSPS) is 13.0. The molecule has 6 heteroatoms. The maximum Gasteiger partial charge on any atom is 0.338 e. The first-order valence-corrected chi connectivity index (χ1v) is 13.9. The Morgan fingerprint density at radius 3 is 1.37 bits per heavy atom. The van der Waals surface area contributed by atoms with Crippen molar-refractivity contribution in [2.45, 2.75) is 19.0 Å². The number of fused-ring (bicyclic) bond motifs is 5. The minimum atomic E-state index is -2.41. The Hall–Kier alpha value is -5.30. The monoisotopic (exact) mass is 566 g/mol. The third-order valence-electron chi connectivity index (χ3n) is 7.92. The van der Waals surface area contributed by atoms with Gasteiger partial charge in [-0.15, -0.1) is 0 Å². The van der Waals surface area contributed by atoms with Gasteiger partial charge >= 0.3 is 11.9 Å². The van der Waals surface area contributed by atoms with E-state index in [-0.39, 0.29) is 35.5 Å². The van der Waals surface area contributed by atoms with Gasteiger partial charge in [-0.3, -0.25) is 0 Å². The number of hydrogen-bond acceptors (Lipinski definition) is 6. The third-order valence-corrected chi connectivity index (χ3v) is 7.92. The Morgan fingerprint density at radius 1 is 0.512 bits per heavy atom. The van der Waals surface area contributed by atoms with Gasteiger partial charge in [-0.2, -0.15) is 0 Å². The highest BCUT2D eigenvalue weighted by Crippen LogP contribution is 2.46. The van der Waals surface area contributed by atoms with E-state index in [1.807, 2.05) is 84.9 Å². The molecule has 43 heavy (non-hydrogen) atoms. The molecule has 0 aliphatic heterocycles.